The second kappa shape index (κ2) is 5.74. The second-order valence-corrected chi connectivity index (χ2v) is 5.20. The van der Waals surface area contributed by atoms with Gasteiger partial charge in [-0.2, -0.15) is 0 Å². The number of aliphatic hydroxyl groups is 1. The zero-order valence-electron chi connectivity index (χ0n) is 8.77. The van der Waals surface area contributed by atoms with E-state index in [2.05, 4.69) is 0 Å². The molecule has 17 heavy (non-hydrogen) atoms. The van der Waals surface area contributed by atoms with Gasteiger partial charge in [-0.3, -0.25) is 0 Å². The van der Waals surface area contributed by atoms with Crippen LogP contribution in [0.4, 0.5) is 0 Å². The van der Waals surface area contributed by atoms with Crippen LogP contribution in [0.5, 0.6) is 5.75 Å². The highest BCUT2D eigenvalue weighted by molar-refractivity contribution is 7.10. The molecule has 1 N–H and O–H groups in total. The lowest BCUT2D eigenvalue weighted by molar-refractivity contribution is 0.111. The lowest BCUT2D eigenvalue weighted by atomic mass is 10.3. The fourth-order valence-corrected chi connectivity index (χ4v) is 2.60. The van der Waals surface area contributed by atoms with Crippen LogP contribution in [-0.4, -0.2) is 11.7 Å². The quantitative estimate of drug-likeness (QED) is 0.915. The molecular formula is C12H10Cl2O2S. The molecule has 0 bridgehead atoms. The van der Waals surface area contributed by atoms with Gasteiger partial charge in [-0.15, -0.1) is 11.3 Å². The van der Waals surface area contributed by atoms with Crippen molar-refractivity contribution in [2.75, 3.05) is 6.61 Å². The molecule has 1 atom stereocenters. The fraction of sp³-hybridized carbons (Fsp3) is 0.167. The average molecular weight is 289 g/mol. The normalized spacial score (nSPS) is 12.4. The third kappa shape index (κ3) is 3.36. The predicted octanol–water partition coefficient (Wildman–Crippen LogP) is 4.17. The summed E-state index contributed by atoms with van der Waals surface area (Å²) in [5.41, 5.74) is 0. The number of hydrogen-bond acceptors (Lipinski definition) is 3. The molecule has 0 saturated heterocycles. The van der Waals surface area contributed by atoms with Crippen LogP contribution in [0.3, 0.4) is 0 Å². The van der Waals surface area contributed by atoms with E-state index in [1.807, 2.05) is 5.38 Å². The van der Waals surface area contributed by atoms with E-state index in [-0.39, 0.29) is 6.61 Å². The molecule has 0 saturated carbocycles. The molecular weight excluding hydrogens is 279 g/mol. The SMILES string of the molecule is OC(COc1ccc(Cl)cc1)c1sccc1Cl. The maximum atomic E-state index is 9.88. The van der Waals surface area contributed by atoms with Crippen LogP contribution in [0.15, 0.2) is 35.7 Å². The van der Waals surface area contributed by atoms with Crippen LogP contribution in [0.25, 0.3) is 0 Å². The number of benzene rings is 1. The first-order valence-corrected chi connectivity index (χ1v) is 6.59. The maximum absolute atomic E-state index is 9.88. The Balaban J connectivity index is 1.94. The third-order valence-electron chi connectivity index (χ3n) is 2.17. The zero-order valence-corrected chi connectivity index (χ0v) is 11.1. The Hall–Kier alpha value is -0.740. The fourth-order valence-electron chi connectivity index (χ4n) is 1.32. The van der Waals surface area contributed by atoms with Gasteiger partial charge in [0.1, 0.15) is 18.5 Å². The summed E-state index contributed by atoms with van der Waals surface area (Å²) in [6.45, 7) is 0.169. The van der Waals surface area contributed by atoms with E-state index in [0.717, 1.165) is 4.88 Å². The van der Waals surface area contributed by atoms with Crippen LogP contribution in [-0.2, 0) is 0 Å². The standard InChI is InChI=1S/C12H10Cl2O2S/c13-8-1-3-9(4-2-8)16-7-11(15)12-10(14)5-6-17-12/h1-6,11,15H,7H2. The van der Waals surface area contributed by atoms with Crippen molar-refractivity contribution in [3.63, 3.8) is 0 Å². The Labute approximate surface area is 113 Å². The molecule has 0 aliphatic heterocycles. The highest BCUT2D eigenvalue weighted by atomic mass is 35.5. The third-order valence-corrected chi connectivity index (χ3v) is 3.88. The van der Waals surface area contributed by atoms with Crippen LogP contribution in [0.2, 0.25) is 10.0 Å². The summed E-state index contributed by atoms with van der Waals surface area (Å²) in [4.78, 5) is 0.723. The second-order valence-electron chi connectivity index (χ2n) is 3.41. The molecule has 0 fully saturated rings. The molecule has 2 aromatic rings. The molecule has 0 radical (unpaired) electrons. The van der Waals surface area contributed by atoms with Crippen molar-refractivity contribution in [2.24, 2.45) is 0 Å². The summed E-state index contributed by atoms with van der Waals surface area (Å²) in [6, 6.07) is 8.74. The van der Waals surface area contributed by atoms with Crippen LogP contribution in [0, 0.1) is 0 Å². The summed E-state index contributed by atoms with van der Waals surface area (Å²) in [5.74, 6) is 0.668. The minimum Gasteiger partial charge on any atom is -0.490 e. The van der Waals surface area contributed by atoms with Crippen LogP contribution in [0.1, 0.15) is 11.0 Å². The van der Waals surface area contributed by atoms with E-state index in [1.165, 1.54) is 11.3 Å². The van der Waals surface area contributed by atoms with Gasteiger partial charge in [-0.25, -0.2) is 0 Å². The van der Waals surface area contributed by atoms with Crippen molar-refractivity contribution >= 4 is 34.5 Å². The van der Waals surface area contributed by atoms with E-state index >= 15 is 0 Å². The van der Waals surface area contributed by atoms with Crippen molar-refractivity contribution in [2.45, 2.75) is 6.10 Å². The topological polar surface area (TPSA) is 29.5 Å². The van der Waals surface area contributed by atoms with Gasteiger partial charge in [0, 0.05) is 5.02 Å². The number of ether oxygens (including phenoxy) is 1. The Morgan fingerprint density at radius 1 is 1.18 bits per heavy atom. The lowest BCUT2D eigenvalue weighted by Crippen LogP contribution is -2.08. The lowest BCUT2D eigenvalue weighted by Gasteiger charge is -2.11. The first kappa shape index (κ1) is 12.7. The van der Waals surface area contributed by atoms with Gasteiger partial charge in [-0.05, 0) is 35.7 Å². The number of rotatable bonds is 4. The van der Waals surface area contributed by atoms with Gasteiger partial charge in [-0.1, -0.05) is 23.2 Å². The van der Waals surface area contributed by atoms with Gasteiger partial charge >= 0.3 is 0 Å². The Bertz CT molecular complexity index is 482. The van der Waals surface area contributed by atoms with E-state index in [1.54, 1.807) is 30.3 Å². The average Bonchev–Trinajstić information content (AvgIpc) is 2.74. The van der Waals surface area contributed by atoms with E-state index in [9.17, 15) is 5.11 Å². The van der Waals surface area contributed by atoms with Crippen molar-refractivity contribution in [1.82, 2.24) is 0 Å². The molecule has 5 heteroatoms. The van der Waals surface area contributed by atoms with Gasteiger partial charge in [0.15, 0.2) is 0 Å². The number of aliphatic hydroxyl groups excluding tert-OH is 1. The van der Waals surface area contributed by atoms with Crippen molar-refractivity contribution < 1.29 is 9.84 Å². The summed E-state index contributed by atoms with van der Waals surface area (Å²) < 4.78 is 5.44. The van der Waals surface area contributed by atoms with E-state index < -0.39 is 6.10 Å². The molecule has 0 spiro atoms. The van der Waals surface area contributed by atoms with Gasteiger partial charge in [0.25, 0.3) is 0 Å². The van der Waals surface area contributed by atoms with Crippen LogP contribution < -0.4 is 4.74 Å². The highest BCUT2D eigenvalue weighted by Gasteiger charge is 2.13. The molecule has 0 aliphatic carbocycles. The summed E-state index contributed by atoms with van der Waals surface area (Å²) in [7, 11) is 0. The molecule has 2 nitrogen and oxygen atoms in total. The minimum absolute atomic E-state index is 0.169. The van der Waals surface area contributed by atoms with Crippen LogP contribution >= 0.6 is 34.5 Å². The van der Waals surface area contributed by atoms with E-state index in [4.69, 9.17) is 27.9 Å². The smallest absolute Gasteiger partial charge is 0.124 e. The molecule has 90 valence electrons. The summed E-state index contributed by atoms with van der Waals surface area (Å²) in [6.07, 6.45) is -0.710. The molecule has 2 rings (SSSR count). The molecule has 0 amide bonds. The largest absolute Gasteiger partial charge is 0.490 e. The predicted molar refractivity (Wildman–Crippen MR) is 71.2 cm³/mol. The molecule has 1 heterocycles. The molecule has 1 unspecified atom stereocenters. The number of thiophene rings is 1. The summed E-state index contributed by atoms with van der Waals surface area (Å²) in [5, 5.41) is 12.9. The van der Waals surface area contributed by atoms with Gasteiger partial charge in [0.05, 0.1) is 9.90 Å². The molecule has 1 aromatic carbocycles. The molecule has 0 aliphatic rings. The summed E-state index contributed by atoms with van der Waals surface area (Å²) >= 11 is 13.1. The number of hydrogen-bond donors (Lipinski definition) is 1. The number of halogens is 2. The van der Waals surface area contributed by atoms with Crippen molar-refractivity contribution in [3.8, 4) is 5.75 Å². The van der Waals surface area contributed by atoms with Gasteiger partial charge in [0.2, 0.25) is 0 Å². The minimum atomic E-state index is -0.710. The zero-order chi connectivity index (χ0) is 12.3. The van der Waals surface area contributed by atoms with Gasteiger partial charge < -0.3 is 9.84 Å². The van der Waals surface area contributed by atoms with Crippen molar-refractivity contribution in [3.05, 3.63) is 50.6 Å². The molecule has 1 aromatic heterocycles. The van der Waals surface area contributed by atoms with Crippen molar-refractivity contribution in [1.29, 1.82) is 0 Å². The van der Waals surface area contributed by atoms with E-state index in [0.29, 0.717) is 15.8 Å². The highest BCUT2D eigenvalue weighted by Crippen LogP contribution is 2.29. The Morgan fingerprint density at radius 2 is 1.88 bits per heavy atom. The Kier molecular flexibility index (Phi) is 4.29. The monoisotopic (exact) mass is 288 g/mol. The first-order valence-electron chi connectivity index (χ1n) is 4.96. The Morgan fingerprint density at radius 3 is 2.47 bits per heavy atom. The maximum Gasteiger partial charge on any atom is 0.124 e. The first-order chi connectivity index (χ1) is 8.16.